The molecule has 0 unspecified atom stereocenters. The Morgan fingerprint density at radius 3 is 2.50 bits per heavy atom. The molecule has 22 heavy (non-hydrogen) atoms. The van der Waals surface area contributed by atoms with E-state index < -0.39 is 0 Å². The minimum Gasteiger partial charge on any atom is -0.493 e. The molecule has 2 heteroatoms. The number of nitrogens with one attached hydrogen (secondary N) is 1. The molecule has 0 aliphatic carbocycles. The summed E-state index contributed by atoms with van der Waals surface area (Å²) in [5, 5.41) is 3.60. The summed E-state index contributed by atoms with van der Waals surface area (Å²) >= 11 is 0. The zero-order valence-corrected chi connectivity index (χ0v) is 14.0. The fraction of sp³-hybridized carbons (Fsp3) is 0.400. The number of benzene rings is 2. The van der Waals surface area contributed by atoms with Crippen LogP contribution in [0, 0.1) is 6.92 Å². The zero-order valence-electron chi connectivity index (χ0n) is 14.0. The van der Waals surface area contributed by atoms with Crippen LogP contribution in [-0.2, 0) is 13.0 Å². The first-order valence-electron chi connectivity index (χ1n) is 8.29. The van der Waals surface area contributed by atoms with Gasteiger partial charge in [0.15, 0.2) is 0 Å². The van der Waals surface area contributed by atoms with E-state index in [9.17, 15) is 0 Å². The summed E-state index contributed by atoms with van der Waals surface area (Å²) in [6.07, 6.45) is 3.29. The number of ether oxygens (including phenoxy) is 1. The lowest BCUT2D eigenvalue weighted by Crippen LogP contribution is -2.06. The van der Waals surface area contributed by atoms with Crippen molar-refractivity contribution in [2.75, 3.05) is 11.9 Å². The van der Waals surface area contributed by atoms with Crippen molar-refractivity contribution >= 4 is 5.69 Å². The molecule has 0 saturated heterocycles. The summed E-state index contributed by atoms with van der Waals surface area (Å²) in [5.74, 6) is 0.995. The van der Waals surface area contributed by atoms with Crippen LogP contribution in [0.1, 0.15) is 43.4 Å². The molecule has 0 aromatic heterocycles. The molecule has 0 radical (unpaired) electrons. The smallest absolute Gasteiger partial charge is 0.124 e. The van der Waals surface area contributed by atoms with Crippen molar-refractivity contribution in [2.45, 2.75) is 46.6 Å². The third kappa shape index (κ3) is 4.27. The van der Waals surface area contributed by atoms with Gasteiger partial charge in [-0.2, -0.15) is 0 Å². The molecule has 2 aromatic rings. The Balaban J connectivity index is 2.09. The monoisotopic (exact) mass is 297 g/mol. The molecule has 2 rings (SSSR count). The number of anilines is 1. The van der Waals surface area contributed by atoms with Gasteiger partial charge in [0.25, 0.3) is 0 Å². The molecule has 2 aromatic carbocycles. The van der Waals surface area contributed by atoms with Crippen molar-refractivity contribution in [3.63, 3.8) is 0 Å². The molecule has 0 heterocycles. The van der Waals surface area contributed by atoms with E-state index in [1.165, 1.54) is 22.4 Å². The third-order valence-electron chi connectivity index (χ3n) is 3.92. The van der Waals surface area contributed by atoms with Crippen molar-refractivity contribution in [3.8, 4) is 5.75 Å². The second-order valence-corrected chi connectivity index (χ2v) is 5.63. The van der Waals surface area contributed by atoms with Gasteiger partial charge in [-0.05, 0) is 37.0 Å². The molecule has 118 valence electrons. The summed E-state index contributed by atoms with van der Waals surface area (Å²) in [4.78, 5) is 0. The summed E-state index contributed by atoms with van der Waals surface area (Å²) in [6, 6.07) is 14.8. The number of aryl methyl sites for hydroxylation is 2. The topological polar surface area (TPSA) is 21.3 Å². The molecular weight excluding hydrogens is 270 g/mol. The second-order valence-electron chi connectivity index (χ2n) is 5.63. The number of hydrogen-bond donors (Lipinski definition) is 1. The van der Waals surface area contributed by atoms with Crippen LogP contribution in [0.3, 0.4) is 0 Å². The number of hydrogen-bond acceptors (Lipinski definition) is 2. The van der Waals surface area contributed by atoms with Gasteiger partial charge < -0.3 is 10.1 Å². The molecule has 0 aliphatic rings. The first kappa shape index (κ1) is 16.4. The largest absolute Gasteiger partial charge is 0.493 e. The van der Waals surface area contributed by atoms with Gasteiger partial charge in [0.1, 0.15) is 5.75 Å². The highest BCUT2D eigenvalue weighted by molar-refractivity contribution is 5.57. The Bertz CT molecular complexity index is 592. The lowest BCUT2D eigenvalue weighted by atomic mass is 10.1. The fourth-order valence-electron chi connectivity index (χ4n) is 2.58. The number of unbranched alkanes of at least 4 members (excludes halogenated alkanes) is 1. The van der Waals surface area contributed by atoms with E-state index in [0.717, 1.165) is 38.2 Å². The van der Waals surface area contributed by atoms with E-state index in [1.807, 2.05) is 6.07 Å². The molecule has 1 N–H and O–H groups in total. The normalized spacial score (nSPS) is 10.5. The minimum atomic E-state index is 0.790. The molecule has 0 atom stereocenters. The maximum absolute atomic E-state index is 5.91. The highest BCUT2D eigenvalue weighted by Crippen LogP contribution is 2.24. The van der Waals surface area contributed by atoms with Gasteiger partial charge >= 0.3 is 0 Å². The van der Waals surface area contributed by atoms with E-state index in [1.54, 1.807) is 0 Å². The quantitative estimate of drug-likeness (QED) is 0.663. The Hall–Kier alpha value is -1.96. The van der Waals surface area contributed by atoms with Crippen LogP contribution < -0.4 is 10.1 Å². The second kappa shape index (κ2) is 8.47. The molecule has 0 bridgehead atoms. The van der Waals surface area contributed by atoms with Crippen molar-refractivity contribution < 1.29 is 4.74 Å². The van der Waals surface area contributed by atoms with E-state index in [4.69, 9.17) is 4.74 Å². The molecule has 0 amide bonds. The van der Waals surface area contributed by atoms with Crippen LogP contribution in [0.25, 0.3) is 0 Å². The maximum Gasteiger partial charge on any atom is 0.124 e. The van der Waals surface area contributed by atoms with Crippen LogP contribution in [0.5, 0.6) is 5.75 Å². The highest BCUT2D eigenvalue weighted by atomic mass is 16.5. The number of para-hydroxylation sites is 2. The van der Waals surface area contributed by atoms with E-state index in [2.05, 4.69) is 62.5 Å². The third-order valence-corrected chi connectivity index (χ3v) is 3.92. The van der Waals surface area contributed by atoms with Crippen LogP contribution in [0.4, 0.5) is 5.69 Å². The average Bonchev–Trinajstić information content (AvgIpc) is 2.55. The van der Waals surface area contributed by atoms with Crippen LogP contribution >= 0.6 is 0 Å². The van der Waals surface area contributed by atoms with Crippen LogP contribution in [0.15, 0.2) is 42.5 Å². The van der Waals surface area contributed by atoms with Crippen LogP contribution in [-0.4, -0.2) is 6.61 Å². The van der Waals surface area contributed by atoms with Crippen molar-refractivity contribution in [2.24, 2.45) is 0 Å². The lowest BCUT2D eigenvalue weighted by Gasteiger charge is -2.16. The average molecular weight is 297 g/mol. The fourth-order valence-corrected chi connectivity index (χ4v) is 2.58. The van der Waals surface area contributed by atoms with Gasteiger partial charge in [-0.15, -0.1) is 0 Å². The van der Waals surface area contributed by atoms with Gasteiger partial charge in [-0.25, -0.2) is 0 Å². The first-order valence-corrected chi connectivity index (χ1v) is 8.29. The number of rotatable bonds is 8. The summed E-state index contributed by atoms with van der Waals surface area (Å²) in [6.45, 7) is 8.12. The minimum absolute atomic E-state index is 0.790. The Labute approximate surface area is 134 Å². The zero-order chi connectivity index (χ0) is 15.8. The van der Waals surface area contributed by atoms with Gasteiger partial charge in [0.05, 0.1) is 6.61 Å². The van der Waals surface area contributed by atoms with Gasteiger partial charge in [0.2, 0.25) is 0 Å². The van der Waals surface area contributed by atoms with E-state index in [0.29, 0.717) is 0 Å². The maximum atomic E-state index is 5.91. The van der Waals surface area contributed by atoms with Crippen LogP contribution in [0.2, 0.25) is 0 Å². The molecule has 0 fully saturated rings. The standard InChI is InChI=1S/C20H27NO/c1-4-6-14-22-19-13-8-7-11-18(19)15-21-20-16(3)10-9-12-17(20)5-2/h7-13,21H,4-6,14-15H2,1-3H3. The SMILES string of the molecule is CCCCOc1ccccc1CNc1c(C)cccc1CC. The van der Waals surface area contributed by atoms with E-state index in [-0.39, 0.29) is 0 Å². The molecular formula is C20H27NO. The molecule has 0 spiro atoms. The summed E-state index contributed by atoms with van der Waals surface area (Å²) < 4.78 is 5.91. The van der Waals surface area contributed by atoms with Gasteiger partial charge in [0, 0.05) is 17.8 Å². The Morgan fingerprint density at radius 2 is 1.73 bits per heavy atom. The van der Waals surface area contributed by atoms with Crippen molar-refractivity contribution in [3.05, 3.63) is 59.2 Å². The Morgan fingerprint density at radius 1 is 0.955 bits per heavy atom. The highest BCUT2D eigenvalue weighted by Gasteiger charge is 2.06. The first-order chi connectivity index (χ1) is 10.8. The Kier molecular flexibility index (Phi) is 6.32. The van der Waals surface area contributed by atoms with Crippen molar-refractivity contribution in [1.29, 1.82) is 0 Å². The lowest BCUT2D eigenvalue weighted by molar-refractivity contribution is 0.306. The van der Waals surface area contributed by atoms with E-state index >= 15 is 0 Å². The molecule has 0 saturated carbocycles. The van der Waals surface area contributed by atoms with Crippen molar-refractivity contribution in [1.82, 2.24) is 0 Å². The van der Waals surface area contributed by atoms with Gasteiger partial charge in [-0.1, -0.05) is 56.7 Å². The predicted molar refractivity (Wildman–Crippen MR) is 94.7 cm³/mol. The molecule has 2 nitrogen and oxygen atoms in total. The summed E-state index contributed by atoms with van der Waals surface area (Å²) in [7, 11) is 0. The molecule has 0 aliphatic heterocycles. The predicted octanol–water partition coefficient (Wildman–Crippen LogP) is 5.35. The van der Waals surface area contributed by atoms with Gasteiger partial charge in [-0.3, -0.25) is 0 Å². The summed E-state index contributed by atoms with van der Waals surface area (Å²) in [5.41, 5.74) is 5.13.